The number of alkyl carbamates (subject to hydrolysis) is 1. The van der Waals surface area contributed by atoms with Crippen molar-refractivity contribution in [2.24, 2.45) is 0 Å². The maximum atomic E-state index is 11.7. The molecule has 1 N–H and O–H groups in total. The molecule has 0 fully saturated rings. The maximum Gasteiger partial charge on any atom is 0.412 e. The highest BCUT2D eigenvalue weighted by atomic mass is 32.1. The summed E-state index contributed by atoms with van der Waals surface area (Å²) in [6.45, 7) is 5.48. The molecule has 134 valence electrons. The van der Waals surface area contributed by atoms with E-state index in [-0.39, 0.29) is 16.3 Å². The van der Waals surface area contributed by atoms with Crippen LogP contribution < -0.4 is 5.32 Å². The van der Waals surface area contributed by atoms with Gasteiger partial charge in [0.25, 0.3) is 0 Å². The lowest BCUT2D eigenvalue weighted by Gasteiger charge is -2.21. The number of thiazole rings is 1. The molecule has 0 atom stereocenters. The van der Waals surface area contributed by atoms with Gasteiger partial charge in [-0.3, -0.25) is 5.32 Å². The number of amides is 1. The molecule has 1 amide bonds. The zero-order valence-electron chi connectivity index (χ0n) is 13.2. The zero-order chi connectivity index (χ0) is 16.6. The van der Waals surface area contributed by atoms with Crippen molar-refractivity contribution in [3.63, 3.8) is 0 Å². The molecular formula is C20H26N2O2S. The van der Waals surface area contributed by atoms with Crippen LogP contribution in [0.3, 0.4) is 0 Å². The third kappa shape index (κ3) is 4.73. The predicted molar refractivity (Wildman–Crippen MR) is 108 cm³/mol. The summed E-state index contributed by atoms with van der Waals surface area (Å²) in [6.07, 6.45) is 5.58. The van der Waals surface area contributed by atoms with E-state index in [1.165, 1.54) is 0 Å². The van der Waals surface area contributed by atoms with Gasteiger partial charge in [-0.1, -0.05) is 26.5 Å². The van der Waals surface area contributed by atoms with E-state index in [9.17, 15) is 4.79 Å². The summed E-state index contributed by atoms with van der Waals surface area (Å²) in [6, 6.07) is 5.76. The van der Waals surface area contributed by atoms with Crippen LogP contribution in [0.25, 0.3) is 15.8 Å². The standard InChI is InChI=1S/C18H16N2O2S.2CH4.H2/c1-5-11-6-7-14-15(8-11)23-16(20-14)12-9-13(10-12)19-17(21)22-18(2,3)4;;;/h1,6-8H,9H2,2-4H3,(H,19,21);2*1H4;1H. The number of nitrogens with zero attached hydrogens (tertiary/aromatic N) is 1. The van der Waals surface area contributed by atoms with Crippen LogP contribution in [-0.2, 0) is 4.74 Å². The minimum absolute atomic E-state index is 0. The SMILES string of the molecule is C.C.C#Cc1ccc2nc(C3=C=C(NC(=O)OC(C)(C)C)C3)sc2c1.[HH]. The third-order valence-corrected chi connectivity index (χ3v) is 4.20. The Morgan fingerprint density at radius 2 is 2.12 bits per heavy atom. The fourth-order valence-corrected chi connectivity index (χ4v) is 3.12. The molecule has 4 nitrogen and oxygen atoms in total. The van der Waals surface area contributed by atoms with E-state index < -0.39 is 11.7 Å². The van der Waals surface area contributed by atoms with Crippen LogP contribution in [0, 0.1) is 12.3 Å². The Kier molecular flexibility index (Phi) is 6.20. The summed E-state index contributed by atoms with van der Waals surface area (Å²) < 4.78 is 6.26. The van der Waals surface area contributed by atoms with Crippen LogP contribution in [0.15, 0.2) is 29.6 Å². The number of hydrogen-bond acceptors (Lipinski definition) is 4. The van der Waals surface area contributed by atoms with Crippen LogP contribution >= 0.6 is 11.3 Å². The van der Waals surface area contributed by atoms with E-state index in [1.54, 1.807) is 11.3 Å². The molecule has 25 heavy (non-hydrogen) atoms. The van der Waals surface area contributed by atoms with Crippen molar-refractivity contribution >= 4 is 33.2 Å². The molecule has 1 aromatic carbocycles. The Bertz CT molecular complexity index is 910. The van der Waals surface area contributed by atoms with Crippen molar-refractivity contribution < 1.29 is 11.0 Å². The van der Waals surface area contributed by atoms with Gasteiger partial charge in [0.2, 0.25) is 0 Å². The number of rotatable bonds is 2. The molecule has 0 aliphatic heterocycles. The van der Waals surface area contributed by atoms with E-state index in [0.29, 0.717) is 6.42 Å². The first kappa shape index (κ1) is 20.5. The van der Waals surface area contributed by atoms with Crippen LogP contribution in [-0.4, -0.2) is 16.7 Å². The predicted octanol–water partition coefficient (Wildman–Crippen LogP) is 5.59. The second kappa shape index (κ2) is 7.57. The Labute approximate surface area is 155 Å². The van der Waals surface area contributed by atoms with Gasteiger partial charge in [-0.25, -0.2) is 9.78 Å². The lowest BCUT2D eigenvalue weighted by molar-refractivity contribution is 0.0544. The first-order valence-electron chi connectivity index (χ1n) is 7.20. The van der Waals surface area contributed by atoms with Crippen molar-refractivity contribution in [1.29, 1.82) is 0 Å². The molecule has 5 heteroatoms. The highest BCUT2D eigenvalue weighted by Crippen LogP contribution is 2.33. The van der Waals surface area contributed by atoms with Gasteiger partial charge >= 0.3 is 6.09 Å². The number of fused-ring (bicyclic) bond motifs is 1. The largest absolute Gasteiger partial charge is 0.444 e. The number of terminal acetylenes is 1. The summed E-state index contributed by atoms with van der Waals surface area (Å²) in [4.78, 5) is 16.3. The first-order valence-corrected chi connectivity index (χ1v) is 8.02. The summed E-state index contributed by atoms with van der Waals surface area (Å²) in [5.41, 5.74) is 6.09. The Morgan fingerprint density at radius 3 is 2.72 bits per heavy atom. The van der Waals surface area contributed by atoms with E-state index in [0.717, 1.165) is 32.1 Å². The number of nitrogens with one attached hydrogen (secondary N) is 1. The van der Waals surface area contributed by atoms with E-state index in [1.807, 2.05) is 39.0 Å². The zero-order valence-corrected chi connectivity index (χ0v) is 14.0. The lowest BCUT2D eigenvalue weighted by atomic mass is 10.0. The quantitative estimate of drug-likeness (QED) is 0.562. The molecule has 0 saturated carbocycles. The second-order valence-corrected chi connectivity index (χ2v) is 7.26. The molecule has 0 unspecified atom stereocenters. The number of carbonyl (C=O) groups is 1. The number of ether oxygens (including phenoxy) is 1. The van der Waals surface area contributed by atoms with Crippen LogP contribution in [0.5, 0.6) is 0 Å². The summed E-state index contributed by atoms with van der Waals surface area (Å²) in [5, 5.41) is 3.60. The van der Waals surface area contributed by atoms with Crippen molar-refractivity contribution in [2.75, 3.05) is 0 Å². The molecule has 1 heterocycles. The maximum absolute atomic E-state index is 11.7. The first-order chi connectivity index (χ1) is 10.8. The van der Waals surface area contributed by atoms with Gasteiger partial charge in [0.1, 0.15) is 10.6 Å². The number of hydrogen-bond donors (Lipinski definition) is 1. The molecule has 0 saturated heterocycles. The molecule has 2 aromatic rings. The molecule has 1 aliphatic carbocycles. The Morgan fingerprint density at radius 1 is 1.44 bits per heavy atom. The normalized spacial score (nSPS) is 12.6. The van der Waals surface area contributed by atoms with Crippen molar-refractivity contribution in [1.82, 2.24) is 10.3 Å². The van der Waals surface area contributed by atoms with E-state index in [4.69, 9.17) is 11.2 Å². The van der Waals surface area contributed by atoms with Gasteiger partial charge in [-0.15, -0.1) is 17.8 Å². The molecule has 0 radical (unpaired) electrons. The van der Waals surface area contributed by atoms with Crippen molar-refractivity contribution in [3.8, 4) is 12.3 Å². The summed E-state index contributed by atoms with van der Waals surface area (Å²) >= 11 is 1.58. The topological polar surface area (TPSA) is 51.2 Å². The fraction of sp³-hybridized carbons (Fsp3) is 0.350. The fourth-order valence-electron chi connectivity index (χ4n) is 2.12. The molecule has 1 aliphatic rings. The smallest absolute Gasteiger partial charge is 0.412 e. The minimum Gasteiger partial charge on any atom is -0.444 e. The number of benzene rings is 1. The van der Waals surface area contributed by atoms with Gasteiger partial charge in [0.05, 0.1) is 15.9 Å². The monoisotopic (exact) mass is 358 g/mol. The van der Waals surface area contributed by atoms with Gasteiger partial charge in [0, 0.05) is 19.0 Å². The van der Waals surface area contributed by atoms with Crippen LogP contribution in [0.1, 0.15) is 54.0 Å². The third-order valence-electron chi connectivity index (χ3n) is 3.12. The summed E-state index contributed by atoms with van der Waals surface area (Å²) in [5.74, 6) is 2.62. The van der Waals surface area contributed by atoms with Gasteiger partial charge in [-0.2, -0.15) is 0 Å². The molecular weight excluding hydrogens is 332 g/mol. The highest BCUT2D eigenvalue weighted by molar-refractivity contribution is 7.19. The average Bonchev–Trinajstić information content (AvgIpc) is 2.82. The van der Waals surface area contributed by atoms with E-state index >= 15 is 0 Å². The molecule has 0 spiro atoms. The highest BCUT2D eigenvalue weighted by Gasteiger charge is 2.21. The van der Waals surface area contributed by atoms with Crippen molar-refractivity contribution in [2.45, 2.75) is 47.6 Å². The van der Waals surface area contributed by atoms with Gasteiger partial charge < -0.3 is 4.74 Å². The lowest BCUT2D eigenvalue weighted by Crippen LogP contribution is -2.32. The van der Waals surface area contributed by atoms with Crippen LogP contribution in [0.4, 0.5) is 4.79 Å². The second-order valence-electron chi connectivity index (χ2n) is 6.23. The average molecular weight is 359 g/mol. The van der Waals surface area contributed by atoms with E-state index in [2.05, 4.69) is 22.0 Å². The molecule has 0 bridgehead atoms. The summed E-state index contributed by atoms with van der Waals surface area (Å²) in [7, 11) is 0. The van der Waals surface area contributed by atoms with Crippen LogP contribution in [0.2, 0.25) is 0 Å². The molecule has 1 aromatic heterocycles. The Hall–Kier alpha value is -2.54. The number of carbonyl (C=O) groups excluding carboxylic acids is 1. The van der Waals surface area contributed by atoms with Gasteiger partial charge in [0.15, 0.2) is 0 Å². The molecule has 3 rings (SSSR count). The van der Waals surface area contributed by atoms with Gasteiger partial charge in [-0.05, 0) is 39.0 Å². The van der Waals surface area contributed by atoms with Crippen molar-refractivity contribution in [3.05, 3.63) is 40.2 Å². The number of aromatic nitrogens is 1. The Balaban J connectivity index is 0.00000208. The minimum atomic E-state index is -0.511.